The zero-order valence-electron chi connectivity index (χ0n) is 19.8. The van der Waals surface area contributed by atoms with E-state index in [4.69, 9.17) is 18.7 Å². The molecule has 1 aliphatic rings. The molecule has 1 aliphatic carbocycles. The van der Waals surface area contributed by atoms with Gasteiger partial charge in [0.05, 0.1) is 20.8 Å². The van der Waals surface area contributed by atoms with Crippen LogP contribution < -0.4 is 18.9 Å². The number of nitrogens with one attached hydrogen (secondary N) is 1. The first-order valence-corrected chi connectivity index (χ1v) is 12.6. The maximum absolute atomic E-state index is 13.4. The number of rotatable bonds is 9. The van der Waals surface area contributed by atoms with Gasteiger partial charge in [0, 0.05) is 36.9 Å². The first kappa shape index (κ1) is 24.6. The molecule has 1 fully saturated rings. The Balaban J connectivity index is 1.43. The van der Waals surface area contributed by atoms with Crippen LogP contribution in [0, 0.1) is 0 Å². The predicted molar refractivity (Wildman–Crippen MR) is 129 cm³/mol. The maximum atomic E-state index is 13.4. The minimum absolute atomic E-state index is 0.0349. The van der Waals surface area contributed by atoms with Crippen LogP contribution in [-0.4, -0.2) is 43.7 Å². The van der Waals surface area contributed by atoms with Gasteiger partial charge in [-0.05, 0) is 35.9 Å². The summed E-state index contributed by atoms with van der Waals surface area (Å²) in [6.07, 6.45) is 1.47. The fourth-order valence-corrected chi connectivity index (χ4v) is 5.23. The smallest absolute Gasteiger partial charge is 0.269 e. The number of nitrogens with zero attached hydrogens (tertiary/aromatic N) is 3. The van der Waals surface area contributed by atoms with Gasteiger partial charge in [0.2, 0.25) is 0 Å². The van der Waals surface area contributed by atoms with Crippen LogP contribution in [0.15, 0.2) is 69.9 Å². The molecule has 1 saturated carbocycles. The second-order valence-electron chi connectivity index (χ2n) is 8.34. The molecule has 1 N–H and O–H groups in total. The van der Waals surface area contributed by atoms with E-state index in [9.17, 15) is 17.2 Å². The van der Waals surface area contributed by atoms with Gasteiger partial charge in [-0.2, -0.15) is 13.9 Å². The molecule has 0 amide bonds. The molecule has 0 radical (unpaired) electrons. The van der Waals surface area contributed by atoms with Gasteiger partial charge in [-0.3, -0.25) is 9.40 Å². The second kappa shape index (κ2) is 9.73. The molecule has 13 heteroatoms. The number of sulfonamides is 1. The largest absolute Gasteiger partial charge is 0.496 e. The van der Waals surface area contributed by atoms with Crippen molar-refractivity contribution in [3.63, 3.8) is 0 Å². The number of fused-ring (bicyclic) bond motifs is 1. The molecular weight excluding hydrogens is 510 g/mol. The number of ether oxygens (including phenoxy) is 3. The van der Waals surface area contributed by atoms with E-state index in [-0.39, 0.29) is 40.6 Å². The van der Waals surface area contributed by atoms with E-state index in [2.05, 4.69) is 15.0 Å². The number of anilines is 1. The molecule has 5 rings (SSSR count). The molecule has 2 heterocycles. The molecule has 37 heavy (non-hydrogen) atoms. The lowest BCUT2D eigenvalue weighted by molar-refractivity contribution is 0.153. The highest BCUT2D eigenvalue weighted by atomic mass is 32.2. The lowest BCUT2D eigenvalue weighted by Gasteiger charge is -2.29. The minimum Gasteiger partial charge on any atom is -0.496 e. The first-order chi connectivity index (χ1) is 17.8. The molecular formula is C24H22F2N4O6S. The number of methoxy groups -OCH3 is 2. The summed E-state index contributed by atoms with van der Waals surface area (Å²) >= 11 is 0. The van der Waals surface area contributed by atoms with Crippen molar-refractivity contribution in [2.45, 2.75) is 30.4 Å². The molecule has 194 valence electrons. The van der Waals surface area contributed by atoms with Crippen molar-refractivity contribution in [3.8, 4) is 17.2 Å². The van der Waals surface area contributed by atoms with Crippen LogP contribution in [0.1, 0.15) is 18.4 Å². The van der Waals surface area contributed by atoms with Crippen LogP contribution >= 0.6 is 0 Å². The first-order valence-electron chi connectivity index (χ1n) is 11.1. The average Bonchev–Trinajstić information content (AvgIpc) is 3.50. The molecule has 0 unspecified atom stereocenters. The lowest BCUT2D eigenvalue weighted by atomic mass is 9.90. The van der Waals surface area contributed by atoms with Crippen molar-refractivity contribution in [2.75, 3.05) is 18.9 Å². The molecule has 0 atom stereocenters. The number of benzene rings is 2. The van der Waals surface area contributed by atoms with Gasteiger partial charge in [-0.25, -0.2) is 8.42 Å². The summed E-state index contributed by atoms with van der Waals surface area (Å²) in [5.41, 5.74) is 1.16. The Hall–Kier alpha value is -4.13. The van der Waals surface area contributed by atoms with Crippen molar-refractivity contribution in [3.05, 3.63) is 66.0 Å². The van der Waals surface area contributed by atoms with Gasteiger partial charge in [-0.15, -0.1) is 0 Å². The SMILES string of the molecule is COc1ccc(OC2CC(=C(F)F)C2)cc1S(=O)(=O)Nc1noc2cc(Cn3cccn3)cc(OC)c12. The van der Waals surface area contributed by atoms with Crippen molar-refractivity contribution < 1.29 is 35.9 Å². The van der Waals surface area contributed by atoms with Crippen molar-refractivity contribution in [1.29, 1.82) is 0 Å². The predicted octanol–water partition coefficient (Wildman–Crippen LogP) is 4.58. The van der Waals surface area contributed by atoms with Crippen LogP contribution in [0.25, 0.3) is 11.0 Å². The summed E-state index contributed by atoms with van der Waals surface area (Å²) in [6, 6.07) is 9.49. The summed E-state index contributed by atoms with van der Waals surface area (Å²) in [4.78, 5) is -0.218. The molecule has 4 aromatic rings. The maximum Gasteiger partial charge on any atom is 0.269 e. The van der Waals surface area contributed by atoms with Gasteiger partial charge in [0.25, 0.3) is 16.1 Å². The Morgan fingerprint density at radius 2 is 1.95 bits per heavy atom. The van der Waals surface area contributed by atoms with Crippen LogP contribution in [-0.2, 0) is 16.6 Å². The fourth-order valence-electron chi connectivity index (χ4n) is 4.04. The van der Waals surface area contributed by atoms with Crippen LogP contribution in [0.2, 0.25) is 0 Å². The van der Waals surface area contributed by atoms with Crippen molar-refractivity contribution >= 4 is 26.8 Å². The Bertz CT molecular complexity index is 1570. The highest BCUT2D eigenvalue weighted by Gasteiger charge is 2.30. The molecule has 0 bridgehead atoms. The molecule has 0 aliphatic heterocycles. The quantitative estimate of drug-likeness (QED) is 0.333. The standard InChI is InChI=1S/C24H22F2N4O6S/c1-33-18-5-4-16(35-17-10-15(11-17)23(25)26)12-21(18)37(31,32)29-24-22-19(34-2)8-14(9-20(22)36-28-24)13-30-7-3-6-27-30/h3-9,12,17H,10-11,13H2,1-2H3,(H,28,29). The minimum atomic E-state index is -4.24. The molecule has 10 nitrogen and oxygen atoms in total. The van der Waals surface area contributed by atoms with E-state index in [0.29, 0.717) is 23.3 Å². The third kappa shape index (κ3) is 4.94. The lowest BCUT2D eigenvalue weighted by Crippen LogP contribution is -2.28. The van der Waals surface area contributed by atoms with E-state index in [1.54, 1.807) is 29.1 Å². The van der Waals surface area contributed by atoms with Gasteiger partial charge in [0.15, 0.2) is 11.4 Å². The number of hydrogen-bond donors (Lipinski definition) is 1. The van der Waals surface area contributed by atoms with Gasteiger partial charge in [0.1, 0.15) is 33.6 Å². The highest BCUT2D eigenvalue weighted by molar-refractivity contribution is 7.92. The summed E-state index contributed by atoms with van der Waals surface area (Å²) < 4.78 is 78.0. The summed E-state index contributed by atoms with van der Waals surface area (Å²) in [5, 5.41) is 8.42. The van der Waals surface area contributed by atoms with E-state index >= 15 is 0 Å². The number of aromatic nitrogens is 3. The number of hydrogen-bond acceptors (Lipinski definition) is 8. The van der Waals surface area contributed by atoms with E-state index < -0.39 is 22.2 Å². The third-order valence-corrected chi connectivity index (χ3v) is 7.26. The Kier molecular flexibility index (Phi) is 6.46. The van der Waals surface area contributed by atoms with Crippen LogP contribution in [0.3, 0.4) is 0 Å². The summed E-state index contributed by atoms with van der Waals surface area (Å²) in [6.45, 7) is 0.446. The van der Waals surface area contributed by atoms with Crippen molar-refractivity contribution in [1.82, 2.24) is 14.9 Å². The Labute approximate surface area is 210 Å². The van der Waals surface area contributed by atoms with Gasteiger partial charge < -0.3 is 18.7 Å². The van der Waals surface area contributed by atoms with Crippen LogP contribution in [0.4, 0.5) is 14.6 Å². The third-order valence-electron chi connectivity index (χ3n) is 5.90. The van der Waals surface area contributed by atoms with E-state index in [1.165, 1.54) is 32.4 Å². The van der Waals surface area contributed by atoms with Crippen LogP contribution in [0.5, 0.6) is 17.2 Å². The normalized spacial score (nSPS) is 15.4. The second-order valence-corrected chi connectivity index (χ2v) is 9.99. The monoisotopic (exact) mass is 532 g/mol. The summed E-state index contributed by atoms with van der Waals surface area (Å²) in [7, 11) is -1.45. The average molecular weight is 533 g/mol. The van der Waals surface area contributed by atoms with Crippen molar-refractivity contribution in [2.24, 2.45) is 0 Å². The Morgan fingerprint density at radius 1 is 1.16 bits per heavy atom. The topological polar surface area (TPSA) is 118 Å². The Morgan fingerprint density at radius 3 is 2.62 bits per heavy atom. The molecule has 0 saturated heterocycles. The molecule has 2 aromatic carbocycles. The molecule has 2 aromatic heterocycles. The zero-order valence-corrected chi connectivity index (χ0v) is 20.6. The summed E-state index contributed by atoms with van der Waals surface area (Å²) in [5.74, 6) is 0.551. The van der Waals surface area contributed by atoms with Gasteiger partial charge >= 0.3 is 0 Å². The van der Waals surface area contributed by atoms with E-state index in [0.717, 1.165) is 5.56 Å². The zero-order chi connectivity index (χ0) is 26.2. The molecule has 0 spiro atoms. The number of halogens is 2. The fraction of sp³-hybridized carbons (Fsp3) is 0.250. The highest BCUT2D eigenvalue weighted by Crippen LogP contribution is 2.38. The van der Waals surface area contributed by atoms with Gasteiger partial charge in [-0.1, -0.05) is 5.16 Å². The van der Waals surface area contributed by atoms with E-state index in [1.807, 2.05) is 6.20 Å².